The van der Waals surface area contributed by atoms with Crippen LogP contribution in [0, 0.1) is 5.82 Å². The molecular weight excluding hydrogens is 377 g/mol. The summed E-state index contributed by atoms with van der Waals surface area (Å²) in [6.07, 6.45) is 5.26. The quantitative estimate of drug-likeness (QED) is 0.391. The second-order valence-electron chi connectivity index (χ2n) is 6.88. The summed E-state index contributed by atoms with van der Waals surface area (Å²) >= 11 is 0. The van der Waals surface area contributed by atoms with Crippen molar-refractivity contribution in [3.8, 4) is 0 Å². The molecule has 3 amide bonds. The third-order valence-corrected chi connectivity index (χ3v) is 4.56. The van der Waals surface area contributed by atoms with E-state index in [1.807, 2.05) is 6.07 Å². The Bertz CT molecular complexity index is 1170. The molecule has 5 rings (SSSR count). The van der Waals surface area contributed by atoms with Gasteiger partial charge in [-0.3, -0.25) is 10.1 Å². The lowest BCUT2D eigenvalue weighted by atomic mass is 10.2. The van der Waals surface area contributed by atoms with Crippen molar-refractivity contribution >= 4 is 41.0 Å². The number of anilines is 3. The number of fused-ring (bicyclic) bond motifs is 1. The number of carbonyl (C=O) groups is 2. The molecule has 1 saturated heterocycles. The van der Waals surface area contributed by atoms with Gasteiger partial charge in [0.05, 0.1) is 6.20 Å². The number of imide groups is 1. The Morgan fingerprint density at radius 3 is 2.66 bits per heavy atom. The molecule has 3 heterocycles. The second kappa shape index (κ2) is 6.59. The number of rotatable bonds is 5. The summed E-state index contributed by atoms with van der Waals surface area (Å²) < 4.78 is 14.8. The number of urea groups is 1. The first-order chi connectivity index (χ1) is 14.0. The first kappa shape index (κ1) is 17.2. The zero-order valence-corrected chi connectivity index (χ0v) is 15.1. The summed E-state index contributed by atoms with van der Waals surface area (Å²) in [5.74, 6) is 0.446. The predicted octanol–water partition coefficient (Wildman–Crippen LogP) is 2.37. The number of aromatic nitrogens is 3. The number of carbonyl (C=O) groups excluding carboxylic acids is 2. The van der Waals surface area contributed by atoms with Gasteiger partial charge in [-0.2, -0.15) is 9.61 Å². The zero-order valence-electron chi connectivity index (χ0n) is 15.1. The molecule has 1 aromatic carbocycles. The topological polar surface area (TPSA) is 112 Å². The minimum Gasteiger partial charge on any atom is -0.367 e. The van der Waals surface area contributed by atoms with E-state index in [1.54, 1.807) is 22.8 Å². The molecule has 1 saturated carbocycles. The molecule has 29 heavy (non-hydrogen) atoms. The standard InChI is InChI=1S/C19H16FN7O2/c20-11-1-3-12(4-2-11)22-15-8-16(23-13-5-6-13)27-17(25-15)10(9-21-27)7-14-18(28)26-19(29)24-14/h1-4,7-9,13,23H,5-6H2,(H,22,25)(H2,24,26,28,29)/b14-7-. The van der Waals surface area contributed by atoms with Crippen LogP contribution in [0.25, 0.3) is 11.7 Å². The van der Waals surface area contributed by atoms with Gasteiger partial charge in [-0.15, -0.1) is 0 Å². The molecule has 2 fully saturated rings. The molecule has 2 aromatic heterocycles. The summed E-state index contributed by atoms with van der Waals surface area (Å²) in [6, 6.07) is 7.59. The molecule has 10 heteroatoms. The average molecular weight is 393 g/mol. The van der Waals surface area contributed by atoms with Gasteiger partial charge in [0, 0.05) is 23.4 Å². The maximum absolute atomic E-state index is 13.2. The van der Waals surface area contributed by atoms with Crippen molar-refractivity contribution in [2.24, 2.45) is 0 Å². The van der Waals surface area contributed by atoms with Crippen LogP contribution in [0.4, 0.5) is 26.5 Å². The van der Waals surface area contributed by atoms with Gasteiger partial charge in [0.1, 0.15) is 23.1 Å². The average Bonchev–Trinajstić information content (AvgIpc) is 3.33. The van der Waals surface area contributed by atoms with Gasteiger partial charge in [0.15, 0.2) is 5.65 Å². The maximum atomic E-state index is 13.2. The van der Waals surface area contributed by atoms with Crippen LogP contribution in [-0.4, -0.2) is 32.6 Å². The van der Waals surface area contributed by atoms with E-state index >= 15 is 0 Å². The number of halogens is 1. The highest BCUT2D eigenvalue weighted by Gasteiger charge is 2.25. The second-order valence-corrected chi connectivity index (χ2v) is 6.88. The van der Waals surface area contributed by atoms with E-state index in [9.17, 15) is 14.0 Å². The highest BCUT2D eigenvalue weighted by Crippen LogP contribution is 2.28. The van der Waals surface area contributed by atoms with Crippen LogP contribution in [-0.2, 0) is 4.79 Å². The number of amides is 3. The monoisotopic (exact) mass is 393 g/mol. The van der Waals surface area contributed by atoms with Crippen LogP contribution in [0.5, 0.6) is 0 Å². The van der Waals surface area contributed by atoms with Crippen molar-refractivity contribution in [3.63, 3.8) is 0 Å². The summed E-state index contributed by atoms with van der Waals surface area (Å²) in [6.45, 7) is 0. The van der Waals surface area contributed by atoms with Gasteiger partial charge in [-0.1, -0.05) is 0 Å². The van der Waals surface area contributed by atoms with Crippen molar-refractivity contribution < 1.29 is 14.0 Å². The SMILES string of the molecule is O=C1NC(=O)/C(=C/c2cnn3c(NC4CC4)cc(Nc4ccc(F)cc4)nc23)N1. The Morgan fingerprint density at radius 1 is 1.17 bits per heavy atom. The number of nitrogens with zero attached hydrogens (tertiary/aromatic N) is 3. The van der Waals surface area contributed by atoms with Crippen LogP contribution in [0.15, 0.2) is 42.2 Å². The molecule has 0 unspecified atom stereocenters. The Kier molecular flexibility index (Phi) is 3.90. The van der Waals surface area contributed by atoms with Crippen LogP contribution in [0.3, 0.4) is 0 Å². The van der Waals surface area contributed by atoms with Crippen molar-refractivity contribution in [1.82, 2.24) is 25.2 Å². The predicted molar refractivity (Wildman–Crippen MR) is 104 cm³/mol. The minimum atomic E-state index is -0.569. The third-order valence-electron chi connectivity index (χ3n) is 4.56. The summed E-state index contributed by atoms with van der Waals surface area (Å²) in [4.78, 5) is 27.8. The molecule has 1 aliphatic heterocycles. The fraction of sp³-hybridized carbons (Fsp3) is 0.158. The lowest BCUT2D eigenvalue weighted by molar-refractivity contribution is -0.115. The lowest BCUT2D eigenvalue weighted by Crippen LogP contribution is -2.22. The smallest absolute Gasteiger partial charge is 0.326 e. The lowest BCUT2D eigenvalue weighted by Gasteiger charge is -2.11. The van der Waals surface area contributed by atoms with Crippen molar-refractivity contribution in [2.45, 2.75) is 18.9 Å². The van der Waals surface area contributed by atoms with Crippen LogP contribution in [0.1, 0.15) is 18.4 Å². The minimum absolute atomic E-state index is 0.125. The maximum Gasteiger partial charge on any atom is 0.326 e. The molecular formula is C19H16FN7O2. The largest absolute Gasteiger partial charge is 0.367 e. The fourth-order valence-electron chi connectivity index (χ4n) is 3.00. The van der Waals surface area contributed by atoms with Crippen LogP contribution < -0.4 is 21.3 Å². The normalized spacial score (nSPS) is 17.5. The van der Waals surface area contributed by atoms with Crippen LogP contribution >= 0.6 is 0 Å². The summed E-state index contributed by atoms with van der Waals surface area (Å²) in [5, 5.41) is 15.5. The van der Waals surface area contributed by atoms with E-state index in [0.717, 1.165) is 18.7 Å². The number of hydrogen-bond acceptors (Lipinski definition) is 6. The molecule has 0 radical (unpaired) electrons. The molecule has 2 aliphatic rings. The zero-order chi connectivity index (χ0) is 20.0. The van der Waals surface area contributed by atoms with E-state index in [-0.39, 0.29) is 11.5 Å². The summed E-state index contributed by atoms with van der Waals surface area (Å²) in [7, 11) is 0. The molecule has 4 N–H and O–H groups in total. The van der Waals surface area contributed by atoms with Crippen molar-refractivity contribution in [3.05, 3.63) is 53.6 Å². The van der Waals surface area contributed by atoms with Gasteiger partial charge < -0.3 is 16.0 Å². The third kappa shape index (κ3) is 3.47. The van der Waals surface area contributed by atoms with Gasteiger partial charge in [0.25, 0.3) is 5.91 Å². The van der Waals surface area contributed by atoms with E-state index in [2.05, 4.69) is 31.3 Å². The van der Waals surface area contributed by atoms with Gasteiger partial charge >= 0.3 is 6.03 Å². The van der Waals surface area contributed by atoms with E-state index in [4.69, 9.17) is 0 Å². The van der Waals surface area contributed by atoms with Crippen molar-refractivity contribution in [1.29, 1.82) is 0 Å². The van der Waals surface area contributed by atoms with Gasteiger partial charge in [0.2, 0.25) is 0 Å². The Hall–Kier alpha value is -3.95. The van der Waals surface area contributed by atoms with Gasteiger partial charge in [-0.05, 0) is 43.2 Å². The molecule has 1 aliphatic carbocycles. The van der Waals surface area contributed by atoms with Gasteiger partial charge in [-0.25, -0.2) is 14.2 Å². The highest BCUT2D eigenvalue weighted by atomic mass is 19.1. The molecule has 146 valence electrons. The fourth-order valence-corrected chi connectivity index (χ4v) is 3.00. The number of benzene rings is 1. The Labute approximate surface area is 164 Å². The van der Waals surface area contributed by atoms with Crippen molar-refractivity contribution in [2.75, 3.05) is 10.6 Å². The first-order valence-corrected chi connectivity index (χ1v) is 9.07. The molecule has 9 nitrogen and oxygen atoms in total. The van der Waals surface area contributed by atoms with Crippen LogP contribution in [0.2, 0.25) is 0 Å². The first-order valence-electron chi connectivity index (χ1n) is 9.07. The molecule has 0 bridgehead atoms. The van der Waals surface area contributed by atoms with E-state index in [0.29, 0.717) is 28.8 Å². The highest BCUT2D eigenvalue weighted by molar-refractivity contribution is 6.14. The number of nitrogens with one attached hydrogen (secondary N) is 4. The molecule has 3 aromatic rings. The summed E-state index contributed by atoms with van der Waals surface area (Å²) in [5.41, 5.74) is 1.88. The Balaban J connectivity index is 1.56. The number of hydrogen-bond donors (Lipinski definition) is 4. The molecule has 0 atom stereocenters. The Morgan fingerprint density at radius 2 is 1.97 bits per heavy atom. The van der Waals surface area contributed by atoms with E-state index < -0.39 is 11.9 Å². The molecule has 0 spiro atoms. The van der Waals surface area contributed by atoms with E-state index in [1.165, 1.54) is 18.2 Å².